The molecule has 2 aromatic rings. The molecule has 1 unspecified atom stereocenters. The maximum atomic E-state index is 10.1. The fourth-order valence-corrected chi connectivity index (χ4v) is 3.75. The monoisotopic (exact) mass is 349 g/mol. The van der Waals surface area contributed by atoms with Crippen molar-refractivity contribution in [2.75, 3.05) is 25.1 Å². The lowest BCUT2D eigenvalue weighted by atomic mass is 10.0. The molecule has 1 aliphatic rings. The van der Waals surface area contributed by atoms with Crippen LogP contribution < -0.4 is 5.32 Å². The van der Waals surface area contributed by atoms with Gasteiger partial charge in [-0.15, -0.1) is 11.3 Å². The van der Waals surface area contributed by atoms with E-state index in [2.05, 4.69) is 34.5 Å². The number of aliphatic hydroxyl groups excluding tert-OH is 1. The Hall–Kier alpha value is -1.24. The molecule has 3 rings (SSSR count). The largest absolute Gasteiger partial charge is 0.389 e. The first-order valence-corrected chi connectivity index (χ1v) is 9.65. The molecule has 0 amide bonds. The van der Waals surface area contributed by atoms with Crippen LogP contribution >= 0.6 is 11.3 Å². The molecular formula is C18H27N3O2S. The molecule has 0 aliphatic heterocycles. The standard InChI is InChI=1S/C18H27N3O2S/c1-11(2)6-14-10-24-18-16(14)17(20-12(3)21-18)19-7-15(22)9-23-8-13-4-5-13/h10-11,13,15,22H,4-9H2,1-3H3,(H,19,20,21). The van der Waals surface area contributed by atoms with Crippen LogP contribution in [0.1, 0.15) is 38.1 Å². The third-order valence-electron chi connectivity index (χ3n) is 4.12. The van der Waals surface area contributed by atoms with E-state index >= 15 is 0 Å². The van der Waals surface area contributed by atoms with Gasteiger partial charge in [-0.25, -0.2) is 9.97 Å². The maximum Gasteiger partial charge on any atom is 0.138 e. The van der Waals surface area contributed by atoms with E-state index < -0.39 is 6.10 Å². The average Bonchev–Trinajstić information content (AvgIpc) is 3.25. The van der Waals surface area contributed by atoms with Crippen molar-refractivity contribution >= 4 is 27.4 Å². The highest BCUT2D eigenvalue weighted by Crippen LogP contribution is 2.31. The van der Waals surface area contributed by atoms with E-state index in [4.69, 9.17) is 4.74 Å². The van der Waals surface area contributed by atoms with Gasteiger partial charge in [0.1, 0.15) is 16.5 Å². The third-order valence-corrected chi connectivity index (χ3v) is 5.04. The van der Waals surface area contributed by atoms with Gasteiger partial charge in [0.05, 0.1) is 18.1 Å². The SMILES string of the molecule is Cc1nc(NCC(O)COCC2CC2)c2c(CC(C)C)csc2n1. The summed E-state index contributed by atoms with van der Waals surface area (Å²) in [4.78, 5) is 10.1. The van der Waals surface area contributed by atoms with Crippen molar-refractivity contribution in [3.63, 3.8) is 0 Å². The quantitative estimate of drug-likeness (QED) is 0.726. The molecule has 0 spiro atoms. The van der Waals surface area contributed by atoms with Crippen LogP contribution in [0.3, 0.4) is 0 Å². The number of aliphatic hydroxyl groups is 1. The Morgan fingerprint density at radius 3 is 2.88 bits per heavy atom. The first-order chi connectivity index (χ1) is 11.5. The predicted molar refractivity (Wildman–Crippen MR) is 98.7 cm³/mol. The zero-order valence-corrected chi connectivity index (χ0v) is 15.5. The van der Waals surface area contributed by atoms with Gasteiger partial charge in [-0.1, -0.05) is 13.8 Å². The molecule has 1 saturated carbocycles. The highest BCUT2D eigenvalue weighted by molar-refractivity contribution is 7.17. The highest BCUT2D eigenvalue weighted by Gasteiger charge is 2.21. The van der Waals surface area contributed by atoms with E-state index in [0.717, 1.165) is 40.8 Å². The van der Waals surface area contributed by atoms with Gasteiger partial charge in [-0.05, 0) is 49.0 Å². The first kappa shape index (κ1) is 17.6. The van der Waals surface area contributed by atoms with E-state index in [-0.39, 0.29) is 0 Å². The molecule has 0 saturated heterocycles. The van der Waals surface area contributed by atoms with Crippen molar-refractivity contribution in [1.82, 2.24) is 9.97 Å². The summed E-state index contributed by atoms with van der Waals surface area (Å²) in [6.45, 7) is 7.92. The van der Waals surface area contributed by atoms with E-state index in [1.165, 1.54) is 18.4 Å². The first-order valence-electron chi connectivity index (χ1n) is 8.77. The summed E-state index contributed by atoms with van der Waals surface area (Å²) in [6, 6.07) is 0. The predicted octanol–water partition coefficient (Wildman–Crippen LogP) is 3.40. The Labute approximate surface area is 147 Å². The lowest BCUT2D eigenvalue weighted by Crippen LogP contribution is -2.25. The van der Waals surface area contributed by atoms with E-state index in [1.807, 2.05) is 6.92 Å². The molecule has 5 nitrogen and oxygen atoms in total. The van der Waals surface area contributed by atoms with Crippen LogP contribution in [0.15, 0.2) is 5.38 Å². The molecule has 1 aliphatic carbocycles. The Morgan fingerprint density at radius 1 is 1.38 bits per heavy atom. The molecule has 0 aromatic carbocycles. The smallest absolute Gasteiger partial charge is 0.138 e. The summed E-state index contributed by atoms with van der Waals surface area (Å²) in [7, 11) is 0. The van der Waals surface area contributed by atoms with E-state index in [0.29, 0.717) is 19.1 Å². The zero-order valence-electron chi connectivity index (χ0n) is 14.7. The number of hydrogen-bond donors (Lipinski definition) is 2. The van der Waals surface area contributed by atoms with Gasteiger partial charge >= 0.3 is 0 Å². The van der Waals surface area contributed by atoms with Gasteiger partial charge in [0.2, 0.25) is 0 Å². The van der Waals surface area contributed by atoms with Gasteiger partial charge in [0, 0.05) is 13.2 Å². The number of nitrogens with zero attached hydrogens (tertiary/aromatic N) is 2. The number of thiophene rings is 1. The fourth-order valence-electron chi connectivity index (χ4n) is 2.75. The highest BCUT2D eigenvalue weighted by atomic mass is 32.1. The van der Waals surface area contributed by atoms with Crippen LogP contribution in [0, 0.1) is 18.8 Å². The summed E-state index contributed by atoms with van der Waals surface area (Å²) < 4.78 is 5.56. The van der Waals surface area contributed by atoms with Gasteiger partial charge in [-0.2, -0.15) is 0 Å². The minimum atomic E-state index is -0.527. The van der Waals surface area contributed by atoms with Gasteiger partial charge in [0.15, 0.2) is 0 Å². The molecule has 0 bridgehead atoms. The van der Waals surface area contributed by atoms with Crippen LogP contribution in [0.4, 0.5) is 5.82 Å². The molecular weight excluding hydrogens is 322 g/mol. The Balaban J connectivity index is 1.66. The van der Waals surface area contributed by atoms with Crippen molar-refractivity contribution in [3.05, 3.63) is 16.8 Å². The minimum Gasteiger partial charge on any atom is -0.389 e. The van der Waals surface area contributed by atoms with Crippen molar-refractivity contribution in [2.45, 2.75) is 46.1 Å². The minimum absolute atomic E-state index is 0.374. The number of ether oxygens (including phenoxy) is 1. The lowest BCUT2D eigenvalue weighted by Gasteiger charge is -2.14. The second-order valence-corrected chi connectivity index (χ2v) is 8.03. The second-order valence-electron chi connectivity index (χ2n) is 7.17. The number of fused-ring (bicyclic) bond motifs is 1. The maximum absolute atomic E-state index is 10.1. The number of nitrogens with one attached hydrogen (secondary N) is 1. The molecule has 1 atom stereocenters. The molecule has 2 heterocycles. The number of hydrogen-bond acceptors (Lipinski definition) is 6. The number of aromatic nitrogens is 2. The van der Waals surface area contributed by atoms with Gasteiger partial charge in [-0.3, -0.25) is 0 Å². The number of anilines is 1. The van der Waals surface area contributed by atoms with E-state index in [1.54, 1.807) is 11.3 Å². The summed E-state index contributed by atoms with van der Waals surface area (Å²) in [6.07, 6.45) is 3.02. The molecule has 24 heavy (non-hydrogen) atoms. The molecule has 132 valence electrons. The topological polar surface area (TPSA) is 67.3 Å². The van der Waals surface area contributed by atoms with Crippen LogP contribution in [-0.2, 0) is 11.2 Å². The molecule has 2 aromatic heterocycles. The Kier molecular flexibility index (Phi) is 5.69. The Morgan fingerprint density at radius 2 is 2.17 bits per heavy atom. The molecule has 6 heteroatoms. The van der Waals surface area contributed by atoms with E-state index in [9.17, 15) is 5.11 Å². The van der Waals surface area contributed by atoms with Gasteiger partial charge in [0.25, 0.3) is 0 Å². The van der Waals surface area contributed by atoms with Crippen LogP contribution in [0.5, 0.6) is 0 Å². The van der Waals surface area contributed by atoms with Crippen LogP contribution in [0.2, 0.25) is 0 Å². The van der Waals surface area contributed by atoms with Crippen molar-refractivity contribution < 1.29 is 9.84 Å². The second kappa shape index (κ2) is 7.76. The van der Waals surface area contributed by atoms with Crippen molar-refractivity contribution in [1.29, 1.82) is 0 Å². The molecule has 1 fully saturated rings. The molecule has 2 N–H and O–H groups in total. The summed E-state index contributed by atoms with van der Waals surface area (Å²) in [5.74, 6) is 2.88. The van der Waals surface area contributed by atoms with Crippen molar-refractivity contribution in [2.24, 2.45) is 11.8 Å². The zero-order chi connectivity index (χ0) is 17.1. The summed E-state index contributed by atoms with van der Waals surface area (Å²) >= 11 is 1.66. The van der Waals surface area contributed by atoms with Crippen molar-refractivity contribution in [3.8, 4) is 0 Å². The number of rotatable bonds is 9. The number of aryl methyl sites for hydroxylation is 1. The fraction of sp³-hybridized carbons (Fsp3) is 0.667. The normalized spacial score (nSPS) is 16.0. The van der Waals surface area contributed by atoms with Gasteiger partial charge < -0.3 is 15.2 Å². The third kappa shape index (κ3) is 4.65. The summed E-state index contributed by atoms with van der Waals surface area (Å²) in [5, 5.41) is 16.7. The average molecular weight is 350 g/mol. The van der Waals surface area contributed by atoms with Crippen LogP contribution in [-0.4, -0.2) is 40.9 Å². The lowest BCUT2D eigenvalue weighted by molar-refractivity contribution is 0.0386. The van der Waals surface area contributed by atoms with Crippen LogP contribution in [0.25, 0.3) is 10.2 Å². The Bertz CT molecular complexity index is 682. The summed E-state index contributed by atoms with van der Waals surface area (Å²) in [5.41, 5.74) is 1.28. The molecule has 0 radical (unpaired) electrons.